The SMILES string of the molecule is CC1(C)c2ccccc2-c2c(N(c3cc(-c4ccccc4)cc(-c4ccccc4)c3)c3cccc(-c4cccc5ccc6oc7ccccc7c6c45)c3)cccc21. The fourth-order valence-corrected chi connectivity index (χ4v) is 9.33. The lowest BCUT2D eigenvalue weighted by atomic mass is 9.82. The van der Waals surface area contributed by atoms with E-state index >= 15 is 0 Å². The van der Waals surface area contributed by atoms with Gasteiger partial charge in [0.2, 0.25) is 0 Å². The van der Waals surface area contributed by atoms with E-state index in [1.165, 1.54) is 60.8 Å². The Bertz CT molecular complexity index is 3100. The summed E-state index contributed by atoms with van der Waals surface area (Å²) in [5.74, 6) is 0. The van der Waals surface area contributed by atoms with Gasteiger partial charge in [-0.25, -0.2) is 0 Å². The lowest BCUT2D eigenvalue weighted by molar-refractivity contribution is 0.660. The van der Waals surface area contributed by atoms with E-state index in [1.54, 1.807) is 0 Å². The average Bonchev–Trinajstić information content (AvgIpc) is 3.77. The topological polar surface area (TPSA) is 16.4 Å². The zero-order chi connectivity index (χ0) is 38.1. The van der Waals surface area contributed by atoms with Gasteiger partial charge in [0.05, 0.1) is 5.69 Å². The van der Waals surface area contributed by atoms with Crippen LogP contribution in [0.2, 0.25) is 0 Å². The fourth-order valence-electron chi connectivity index (χ4n) is 9.33. The summed E-state index contributed by atoms with van der Waals surface area (Å²) in [6.45, 7) is 4.72. The first kappa shape index (κ1) is 33.2. The zero-order valence-corrected chi connectivity index (χ0v) is 31.9. The van der Waals surface area contributed by atoms with Crippen LogP contribution < -0.4 is 4.90 Å². The van der Waals surface area contributed by atoms with E-state index in [9.17, 15) is 0 Å². The molecule has 0 aliphatic heterocycles. The van der Waals surface area contributed by atoms with Gasteiger partial charge in [-0.2, -0.15) is 0 Å². The van der Waals surface area contributed by atoms with Gasteiger partial charge in [-0.1, -0.05) is 166 Å². The number of rotatable bonds is 6. The number of benzene rings is 9. The lowest BCUT2D eigenvalue weighted by Crippen LogP contribution is -2.16. The van der Waals surface area contributed by atoms with E-state index in [-0.39, 0.29) is 5.41 Å². The van der Waals surface area contributed by atoms with Gasteiger partial charge in [0.1, 0.15) is 11.2 Å². The number of nitrogens with zero attached hydrogens (tertiary/aromatic N) is 1. The van der Waals surface area contributed by atoms with Crippen molar-refractivity contribution in [2.24, 2.45) is 0 Å². The standard InChI is InChI=1S/C55H39NO/c1-55(2)47-26-11-9-23-45(47)53-48(55)27-15-28-49(53)56(43-34-40(36-16-5-3-6-17-36)32-41(35-43)37-18-7-4-8-19-37)42-22-13-21-39(33-42)44-25-14-20-38-30-31-51-54(52(38)44)46-24-10-12-29-50(46)57-51/h3-35H,1-2H3. The van der Waals surface area contributed by atoms with Crippen molar-refractivity contribution in [2.75, 3.05) is 4.90 Å². The Labute approximate surface area is 332 Å². The molecule has 2 heteroatoms. The molecule has 0 saturated carbocycles. The van der Waals surface area contributed by atoms with Crippen molar-refractivity contribution in [3.05, 3.63) is 211 Å². The van der Waals surface area contributed by atoms with Crippen LogP contribution in [-0.2, 0) is 5.41 Å². The van der Waals surface area contributed by atoms with Crippen LogP contribution in [0.4, 0.5) is 17.1 Å². The lowest BCUT2D eigenvalue weighted by Gasteiger charge is -2.30. The molecule has 2 nitrogen and oxygen atoms in total. The van der Waals surface area contributed by atoms with E-state index in [0.29, 0.717) is 0 Å². The Balaban J connectivity index is 1.20. The van der Waals surface area contributed by atoms with Crippen molar-refractivity contribution in [2.45, 2.75) is 19.3 Å². The number of fused-ring (bicyclic) bond motifs is 8. The van der Waals surface area contributed by atoms with E-state index < -0.39 is 0 Å². The molecule has 0 unspecified atom stereocenters. The quantitative estimate of drug-likeness (QED) is 0.169. The molecule has 0 amide bonds. The van der Waals surface area contributed by atoms with E-state index in [1.807, 2.05) is 6.07 Å². The first-order valence-corrected chi connectivity index (χ1v) is 19.8. The Kier molecular flexibility index (Phi) is 7.55. The molecular formula is C55H39NO. The molecule has 1 heterocycles. The third-order valence-corrected chi connectivity index (χ3v) is 12.0. The Morgan fingerprint density at radius 3 is 1.81 bits per heavy atom. The van der Waals surface area contributed by atoms with Crippen LogP contribution in [0.1, 0.15) is 25.0 Å². The van der Waals surface area contributed by atoms with Crippen LogP contribution >= 0.6 is 0 Å². The van der Waals surface area contributed by atoms with Gasteiger partial charge >= 0.3 is 0 Å². The predicted molar refractivity (Wildman–Crippen MR) is 240 cm³/mol. The van der Waals surface area contributed by atoms with Crippen LogP contribution in [-0.4, -0.2) is 0 Å². The number of para-hydroxylation sites is 1. The van der Waals surface area contributed by atoms with Crippen molar-refractivity contribution in [1.29, 1.82) is 0 Å². The maximum absolute atomic E-state index is 6.40. The summed E-state index contributed by atoms with van der Waals surface area (Å²) in [5.41, 5.74) is 17.3. The maximum Gasteiger partial charge on any atom is 0.136 e. The minimum atomic E-state index is -0.141. The van der Waals surface area contributed by atoms with Gasteiger partial charge < -0.3 is 9.32 Å². The van der Waals surface area contributed by atoms with E-state index in [4.69, 9.17) is 4.42 Å². The summed E-state index contributed by atoms with van der Waals surface area (Å²) in [6, 6.07) is 72.8. The number of furan rings is 1. The highest BCUT2D eigenvalue weighted by molar-refractivity contribution is 6.23. The second-order valence-corrected chi connectivity index (χ2v) is 15.7. The Morgan fingerprint density at radius 1 is 0.404 bits per heavy atom. The molecule has 1 aromatic heterocycles. The monoisotopic (exact) mass is 729 g/mol. The highest BCUT2D eigenvalue weighted by Crippen LogP contribution is 2.55. The molecule has 57 heavy (non-hydrogen) atoms. The number of hydrogen-bond donors (Lipinski definition) is 0. The summed E-state index contributed by atoms with van der Waals surface area (Å²) in [6.07, 6.45) is 0. The third kappa shape index (κ3) is 5.33. The molecule has 0 atom stereocenters. The number of hydrogen-bond acceptors (Lipinski definition) is 2. The first-order valence-electron chi connectivity index (χ1n) is 19.8. The molecule has 1 aliphatic rings. The zero-order valence-electron chi connectivity index (χ0n) is 31.9. The molecule has 11 rings (SSSR count). The van der Waals surface area contributed by atoms with Crippen LogP contribution in [0.5, 0.6) is 0 Å². The fraction of sp³-hybridized carbons (Fsp3) is 0.0545. The van der Waals surface area contributed by atoms with Gasteiger partial charge in [0.15, 0.2) is 0 Å². The largest absolute Gasteiger partial charge is 0.456 e. The summed E-state index contributed by atoms with van der Waals surface area (Å²) >= 11 is 0. The maximum atomic E-state index is 6.40. The molecule has 0 fully saturated rings. The third-order valence-electron chi connectivity index (χ3n) is 12.0. The van der Waals surface area contributed by atoms with Crippen LogP contribution in [0, 0.1) is 0 Å². The average molecular weight is 730 g/mol. The van der Waals surface area contributed by atoms with Crippen molar-refractivity contribution >= 4 is 49.8 Å². The summed E-state index contributed by atoms with van der Waals surface area (Å²) in [7, 11) is 0. The Morgan fingerprint density at radius 2 is 1.02 bits per heavy atom. The Hall–Kier alpha value is -7.16. The van der Waals surface area contributed by atoms with Crippen LogP contribution in [0.3, 0.4) is 0 Å². The second kappa shape index (κ2) is 13.0. The molecular weight excluding hydrogens is 691 g/mol. The minimum Gasteiger partial charge on any atom is -0.456 e. The van der Waals surface area contributed by atoms with Gasteiger partial charge in [0.25, 0.3) is 0 Å². The molecule has 0 saturated heterocycles. The molecule has 1 aliphatic carbocycles. The highest BCUT2D eigenvalue weighted by atomic mass is 16.3. The van der Waals surface area contributed by atoms with E-state index in [0.717, 1.165) is 44.6 Å². The first-order chi connectivity index (χ1) is 28.0. The minimum absolute atomic E-state index is 0.141. The molecule has 9 aromatic carbocycles. The molecule has 0 radical (unpaired) electrons. The van der Waals surface area contributed by atoms with Crippen molar-refractivity contribution in [3.63, 3.8) is 0 Å². The van der Waals surface area contributed by atoms with Gasteiger partial charge in [-0.3, -0.25) is 0 Å². The summed E-state index contributed by atoms with van der Waals surface area (Å²) in [4.78, 5) is 2.49. The van der Waals surface area contributed by atoms with Gasteiger partial charge in [-0.15, -0.1) is 0 Å². The van der Waals surface area contributed by atoms with Crippen LogP contribution in [0.15, 0.2) is 205 Å². The van der Waals surface area contributed by atoms with Crippen molar-refractivity contribution in [3.8, 4) is 44.5 Å². The summed E-state index contributed by atoms with van der Waals surface area (Å²) in [5, 5.41) is 4.69. The van der Waals surface area contributed by atoms with Gasteiger partial charge in [0, 0.05) is 38.5 Å². The van der Waals surface area contributed by atoms with Crippen LogP contribution in [0.25, 0.3) is 77.2 Å². The molecule has 0 bridgehead atoms. The molecule has 0 N–H and O–H groups in total. The molecule has 270 valence electrons. The highest BCUT2D eigenvalue weighted by Gasteiger charge is 2.37. The smallest absolute Gasteiger partial charge is 0.136 e. The normalized spacial score (nSPS) is 12.9. The van der Waals surface area contributed by atoms with Crippen molar-refractivity contribution < 1.29 is 4.42 Å². The summed E-state index contributed by atoms with van der Waals surface area (Å²) < 4.78 is 6.40. The molecule has 0 spiro atoms. The number of anilines is 3. The van der Waals surface area contributed by atoms with Crippen molar-refractivity contribution in [1.82, 2.24) is 0 Å². The predicted octanol–water partition coefficient (Wildman–Crippen LogP) is 15.5. The van der Waals surface area contributed by atoms with E-state index in [2.05, 4.69) is 213 Å². The molecule has 10 aromatic rings. The second-order valence-electron chi connectivity index (χ2n) is 15.7. The van der Waals surface area contributed by atoms with Gasteiger partial charge in [-0.05, 0) is 104 Å².